The molecule has 0 aromatic rings. The predicted octanol–water partition coefficient (Wildman–Crippen LogP) is 2.04. The van der Waals surface area contributed by atoms with Crippen molar-refractivity contribution in [2.45, 2.75) is 32.6 Å². The summed E-state index contributed by atoms with van der Waals surface area (Å²) in [4.78, 5) is 5.04. The Kier molecular flexibility index (Phi) is 9.83. The minimum absolute atomic E-state index is 0.636. The lowest BCUT2D eigenvalue weighted by atomic mass is 10.2. The first-order valence-corrected chi connectivity index (χ1v) is 5.14. The number of hydroxylamine groups is 2. The Morgan fingerprint density at radius 1 is 1.21 bits per heavy atom. The molecule has 0 rings (SSSR count). The van der Waals surface area contributed by atoms with E-state index in [1.165, 1.54) is 19.3 Å². The Bertz CT molecular complexity index is 172. The van der Waals surface area contributed by atoms with Crippen LogP contribution in [0.3, 0.4) is 0 Å². The summed E-state index contributed by atoms with van der Waals surface area (Å²) in [5.74, 6) is 3.08. The molecule has 0 N–H and O–H groups in total. The van der Waals surface area contributed by atoms with E-state index in [9.17, 15) is 0 Å². The third kappa shape index (κ3) is 7.90. The topological polar surface area (TPSA) is 21.7 Å². The molecule has 0 aliphatic heterocycles. The molecule has 14 heavy (non-hydrogen) atoms. The number of methoxy groups -OCH3 is 1. The second-order valence-corrected chi connectivity index (χ2v) is 3.02. The monoisotopic (exact) mass is 199 g/mol. The van der Waals surface area contributed by atoms with Gasteiger partial charge in [0.05, 0.1) is 20.3 Å². The average Bonchev–Trinajstić information content (AvgIpc) is 2.22. The molecule has 0 unspecified atom stereocenters. The van der Waals surface area contributed by atoms with Crippen LogP contribution in [0, 0.1) is 12.0 Å². The van der Waals surface area contributed by atoms with Crippen molar-refractivity contribution >= 4 is 0 Å². The van der Waals surface area contributed by atoms with Gasteiger partial charge in [0, 0.05) is 19.6 Å². The zero-order chi connectivity index (χ0) is 10.6. The summed E-state index contributed by atoms with van der Waals surface area (Å²) in [5, 5.41) is 1.61. The Labute approximate surface area is 87.3 Å². The minimum atomic E-state index is 0.636. The molecule has 0 radical (unpaired) electrons. The first kappa shape index (κ1) is 13.3. The lowest BCUT2D eigenvalue weighted by Gasteiger charge is -2.12. The summed E-state index contributed by atoms with van der Waals surface area (Å²) in [7, 11) is 3.29. The fourth-order valence-electron chi connectivity index (χ4n) is 0.974. The predicted molar refractivity (Wildman–Crippen MR) is 57.5 cm³/mol. The molecular formula is C11H21NO2. The summed E-state index contributed by atoms with van der Waals surface area (Å²) in [6.07, 6.45) is 4.60. The number of hydrogen-bond donors (Lipinski definition) is 0. The maximum atomic E-state index is 5.04. The molecule has 0 amide bonds. The van der Waals surface area contributed by atoms with Crippen molar-refractivity contribution in [2.24, 2.45) is 0 Å². The largest absolute Gasteiger partial charge is 0.383 e. The first-order valence-electron chi connectivity index (χ1n) is 5.14. The van der Waals surface area contributed by atoms with Crippen LogP contribution < -0.4 is 0 Å². The van der Waals surface area contributed by atoms with E-state index >= 15 is 0 Å². The Hall–Kier alpha value is -0.720. The Balaban J connectivity index is 3.56. The molecule has 0 saturated heterocycles. The van der Waals surface area contributed by atoms with E-state index in [1.54, 1.807) is 19.3 Å². The number of hydrogen-bond acceptors (Lipinski definition) is 3. The van der Waals surface area contributed by atoms with E-state index in [4.69, 9.17) is 9.57 Å². The van der Waals surface area contributed by atoms with Crippen LogP contribution in [0.5, 0.6) is 0 Å². The highest BCUT2D eigenvalue weighted by Crippen LogP contribution is 1.97. The van der Waals surface area contributed by atoms with Gasteiger partial charge in [-0.25, -0.2) is 5.06 Å². The van der Waals surface area contributed by atoms with Crippen LogP contribution >= 0.6 is 0 Å². The molecule has 82 valence electrons. The van der Waals surface area contributed by atoms with Gasteiger partial charge in [-0.15, -0.1) is 0 Å². The third-order valence-electron chi connectivity index (χ3n) is 1.83. The van der Waals surface area contributed by atoms with Gasteiger partial charge in [-0.3, -0.25) is 4.84 Å². The van der Waals surface area contributed by atoms with Crippen LogP contribution in [0.25, 0.3) is 0 Å². The number of unbranched alkanes of at least 4 members (excludes halogenated alkanes) is 3. The molecule has 3 heteroatoms. The molecule has 0 fully saturated rings. The maximum Gasteiger partial charge on any atom is 0.0778 e. The van der Waals surface area contributed by atoms with Gasteiger partial charge in [0.1, 0.15) is 0 Å². The molecule has 3 nitrogen and oxygen atoms in total. The van der Waals surface area contributed by atoms with Gasteiger partial charge in [-0.05, 0) is 6.42 Å². The van der Waals surface area contributed by atoms with E-state index in [2.05, 4.69) is 18.9 Å². The molecule has 0 heterocycles. The van der Waals surface area contributed by atoms with Gasteiger partial charge in [0.2, 0.25) is 0 Å². The van der Waals surface area contributed by atoms with E-state index in [-0.39, 0.29) is 0 Å². The van der Waals surface area contributed by atoms with E-state index in [1.807, 2.05) is 0 Å². The first-order chi connectivity index (χ1) is 6.85. The van der Waals surface area contributed by atoms with Crippen molar-refractivity contribution in [3.05, 3.63) is 0 Å². The second-order valence-electron chi connectivity index (χ2n) is 3.02. The number of ether oxygens (including phenoxy) is 1. The van der Waals surface area contributed by atoms with Crippen LogP contribution in [0.15, 0.2) is 0 Å². The lowest BCUT2D eigenvalue weighted by Crippen LogP contribution is -2.21. The zero-order valence-electron chi connectivity index (χ0n) is 9.51. The summed E-state index contributed by atoms with van der Waals surface area (Å²) >= 11 is 0. The molecule has 0 aliphatic rings. The van der Waals surface area contributed by atoms with Crippen LogP contribution in [-0.2, 0) is 9.57 Å². The van der Waals surface area contributed by atoms with E-state index in [0.717, 1.165) is 6.42 Å². The standard InChI is InChI=1S/C11H21NO2/c1-4-5-6-7-8-9-12(14-3)10-11-13-2/h4-7,10-11H2,1-3H3. The summed E-state index contributed by atoms with van der Waals surface area (Å²) in [5.41, 5.74) is 0. The molecule has 0 aliphatic carbocycles. The molecule has 0 aromatic carbocycles. The highest BCUT2D eigenvalue weighted by Gasteiger charge is 1.94. The van der Waals surface area contributed by atoms with Gasteiger partial charge in [0.15, 0.2) is 0 Å². The molecule has 0 atom stereocenters. The van der Waals surface area contributed by atoms with Gasteiger partial charge >= 0.3 is 0 Å². The smallest absolute Gasteiger partial charge is 0.0778 e. The third-order valence-corrected chi connectivity index (χ3v) is 1.83. The minimum Gasteiger partial charge on any atom is -0.383 e. The van der Waals surface area contributed by atoms with Gasteiger partial charge in [-0.2, -0.15) is 0 Å². The normalized spacial score (nSPS) is 9.36. The maximum absolute atomic E-state index is 5.04. The SMILES string of the molecule is CCCCCC#CN(CCOC)OC. The highest BCUT2D eigenvalue weighted by molar-refractivity contribution is 4.95. The van der Waals surface area contributed by atoms with Crippen LogP contribution in [0.4, 0.5) is 0 Å². The van der Waals surface area contributed by atoms with Gasteiger partial charge < -0.3 is 4.74 Å². The van der Waals surface area contributed by atoms with Crippen molar-refractivity contribution in [3.8, 4) is 12.0 Å². The fraction of sp³-hybridized carbons (Fsp3) is 0.818. The molecule has 0 spiro atoms. The van der Waals surface area contributed by atoms with Crippen molar-refractivity contribution < 1.29 is 9.57 Å². The zero-order valence-corrected chi connectivity index (χ0v) is 9.51. The van der Waals surface area contributed by atoms with Crippen molar-refractivity contribution in [2.75, 3.05) is 27.4 Å². The molecule has 0 aromatic heterocycles. The quantitative estimate of drug-likeness (QED) is 0.271. The summed E-state index contributed by atoms with van der Waals surface area (Å²) in [6, 6.07) is 2.94. The average molecular weight is 199 g/mol. The van der Waals surface area contributed by atoms with Crippen molar-refractivity contribution in [1.82, 2.24) is 5.06 Å². The molecule has 0 bridgehead atoms. The van der Waals surface area contributed by atoms with Gasteiger partial charge in [-0.1, -0.05) is 25.7 Å². The lowest BCUT2D eigenvalue weighted by molar-refractivity contribution is -0.0866. The van der Waals surface area contributed by atoms with E-state index < -0.39 is 0 Å². The second kappa shape index (κ2) is 10.4. The van der Waals surface area contributed by atoms with Crippen molar-refractivity contribution in [1.29, 1.82) is 0 Å². The molecular weight excluding hydrogens is 178 g/mol. The Morgan fingerprint density at radius 2 is 2.00 bits per heavy atom. The molecule has 0 saturated carbocycles. The highest BCUT2D eigenvalue weighted by atomic mass is 16.7. The summed E-state index contributed by atoms with van der Waals surface area (Å²) in [6.45, 7) is 3.51. The summed E-state index contributed by atoms with van der Waals surface area (Å²) < 4.78 is 4.93. The van der Waals surface area contributed by atoms with E-state index in [0.29, 0.717) is 13.2 Å². The number of nitrogens with zero attached hydrogens (tertiary/aromatic N) is 1. The van der Waals surface area contributed by atoms with Crippen LogP contribution in [0.1, 0.15) is 32.6 Å². The Morgan fingerprint density at radius 3 is 2.57 bits per heavy atom. The van der Waals surface area contributed by atoms with Crippen molar-refractivity contribution in [3.63, 3.8) is 0 Å². The fourth-order valence-corrected chi connectivity index (χ4v) is 0.974. The van der Waals surface area contributed by atoms with Gasteiger partial charge in [0.25, 0.3) is 0 Å². The van der Waals surface area contributed by atoms with Crippen LogP contribution in [-0.4, -0.2) is 32.4 Å². The number of rotatable bonds is 7. The van der Waals surface area contributed by atoms with Crippen LogP contribution in [0.2, 0.25) is 0 Å².